The second-order valence-electron chi connectivity index (χ2n) is 7.38. The van der Waals surface area contributed by atoms with Gasteiger partial charge < -0.3 is 10.2 Å². The van der Waals surface area contributed by atoms with E-state index in [4.69, 9.17) is 0 Å². The number of amides is 1. The number of quaternary nitrogens is 1. The third-order valence-electron chi connectivity index (χ3n) is 5.27. The van der Waals surface area contributed by atoms with Crippen LogP contribution in [-0.2, 0) is 14.8 Å². The van der Waals surface area contributed by atoms with Crippen molar-refractivity contribution in [2.75, 3.05) is 33.7 Å². The van der Waals surface area contributed by atoms with Gasteiger partial charge in [0.1, 0.15) is 6.04 Å². The minimum atomic E-state index is -3.48. The summed E-state index contributed by atoms with van der Waals surface area (Å²) in [5, 5.41) is 5.14. The highest BCUT2D eigenvalue weighted by atomic mass is 32.2. The maximum absolute atomic E-state index is 12.7. The molecule has 1 aromatic carbocycles. The Labute approximate surface area is 171 Å². The number of nitrogens with one attached hydrogen (secondary N) is 2. The number of hydrogen-bond donors (Lipinski definition) is 2. The van der Waals surface area contributed by atoms with Gasteiger partial charge in [-0.25, -0.2) is 8.42 Å². The Bertz CT molecular complexity index is 859. The Balaban J connectivity index is 1.54. The predicted molar refractivity (Wildman–Crippen MR) is 111 cm³/mol. The van der Waals surface area contributed by atoms with Crippen molar-refractivity contribution in [1.29, 1.82) is 0 Å². The molecular weight excluding hydrogens is 394 g/mol. The number of likely N-dealkylation sites (N-methyl/N-ethyl adjacent to an activating group) is 1. The van der Waals surface area contributed by atoms with Crippen LogP contribution >= 0.6 is 11.3 Å². The zero-order chi connectivity index (χ0) is 20.1. The van der Waals surface area contributed by atoms with Crippen molar-refractivity contribution in [2.24, 2.45) is 5.92 Å². The van der Waals surface area contributed by atoms with E-state index in [9.17, 15) is 13.2 Å². The molecule has 0 aliphatic carbocycles. The fraction of sp³-hybridized carbons (Fsp3) is 0.450. The first-order chi connectivity index (χ1) is 13.4. The summed E-state index contributed by atoms with van der Waals surface area (Å²) in [5.41, 5.74) is 0. The van der Waals surface area contributed by atoms with Crippen LogP contribution in [0.15, 0.2) is 52.7 Å². The number of rotatable bonds is 7. The summed E-state index contributed by atoms with van der Waals surface area (Å²) >= 11 is 1.70. The number of thiophene rings is 1. The molecule has 1 aliphatic rings. The number of sulfonamides is 1. The summed E-state index contributed by atoms with van der Waals surface area (Å²) in [6.07, 6.45) is 1.10. The molecule has 2 aromatic rings. The predicted octanol–water partition coefficient (Wildman–Crippen LogP) is 1.15. The zero-order valence-corrected chi connectivity index (χ0v) is 17.9. The molecule has 0 spiro atoms. The van der Waals surface area contributed by atoms with Gasteiger partial charge >= 0.3 is 0 Å². The molecule has 2 N–H and O–H groups in total. The molecule has 2 heterocycles. The molecule has 0 unspecified atom stereocenters. The van der Waals surface area contributed by atoms with Crippen LogP contribution in [0.5, 0.6) is 0 Å². The van der Waals surface area contributed by atoms with Crippen molar-refractivity contribution in [1.82, 2.24) is 9.62 Å². The van der Waals surface area contributed by atoms with Crippen molar-refractivity contribution in [2.45, 2.75) is 23.8 Å². The van der Waals surface area contributed by atoms with Crippen LogP contribution in [0.3, 0.4) is 0 Å². The van der Waals surface area contributed by atoms with E-state index < -0.39 is 10.0 Å². The molecule has 1 fully saturated rings. The lowest BCUT2D eigenvalue weighted by Crippen LogP contribution is -3.06. The highest BCUT2D eigenvalue weighted by Gasteiger charge is 2.32. The first kappa shape index (κ1) is 21.0. The average Bonchev–Trinajstić information content (AvgIpc) is 3.23. The third-order valence-corrected chi connectivity index (χ3v) is 8.17. The molecule has 0 saturated carbocycles. The highest BCUT2D eigenvalue weighted by molar-refractivity contribution is 7.89. The molecule has 1 saturated heterocycles. The minimum Gasteiger partial charge on any atom is -0.349 e. The highest BCUT2D eigenvalue weighted by Crippen LogP contribution is 2.24. The van der Waals surface area contributed by atoms with E-state index >= 15 is 0 Å². The van der Waals surface area contributed by atoms with E-state index in [-0.39, 0.29) is 17.9 Å². The summed E-state index contributed by atoms with van der Waals surface area (Å²) in [7, 11) is 0.695. The quantitative estimate of drug-likeness (QED) is 0.703. The van der Waals surface area contributed by atoms with Crippen LogP contribution in [-0.4, -0.2) is 52.4 Å². The molecule has 3 rings (SSSR count). The van der Waals surface area contributed by atoms with Crippen molar-refractivity contribution >= 4 is 27.3 Å². The Morgan fingerprint density at radius 1 is 1.18 bits per heavy atom. The number of benzene rings is 1. The van der Waals surface area contributed by atoms with Gasteiger partial charge in [0.2, 0.25) is 15.9 Å². The van der Waals surface area contributed by atoms with Gasteiger partial charge in [-0.05, 0) is 36.4 Å². The van der Waals surface area contributed by atoms with Crippen LogP contribution in [0, 0.1) is 5.92 Å². The summed E-state index contributed by atoms with van der Waals surface area (Å²) in [6.45, 7) is 1.34. The molecule has 0 radical (unpaired) electrons. The number of hydrogen-bond acceptors (Lipinski definition) is 4. The largest absolute Gasteiger partial charge is 0.349 e. The van der Waals surface area contributed by atoms with E-state index in [1.54, 1.807) is 41.7 Å². The van der Waals surface area contributed by atoms with Gasteiger partial charge in [0.05, 0.1) is 30.4 Å². The van der Waals surface area contributed by atoms with Gasteiger partial charge in [0, 0.05) is 19.0 Å². The van der Waals surface area contributed by atoms with Crippen LogP contribution in [0.1, 0.15) is 23.8 Å². The SMILES string of the molecule is C[NH+](C)[C@H](CNC(=O)C1CCN(S(=O)(=O)c2ccccc2)CC1)c1cccs1. The topological polar surface area (TPSA) is 70.9 Å². The maximum Gasteiger partial charge on any atom is 0.243 e. The fourth-order valence-corrected chi connectivity index (χ4v) is 5.97. The smallest absolute Gasteiger partial charge is 0.243 e. The van der Waals surface area contributed by atoms with Gasteiger partial charge in [-0.3, -0.25) is 4.79 Å². The lowest BCUT2D eigenvalue weighted by molar-refractivity contribution is -0.890. The monoisotopic (exact) mass is 422 g/mol. The molecule has 28 heavy (non-hydrogen) atoms. The van der Waals surface area contributed by atoms with E-state index in [2.05, 4.69) is 30.9 Å². The molecule has 1 aliphatic heterocycles. The second kappa shape index (κ2) is 9.17. The lowest BCUT2D eigenvalue weighted by atomic mass is 9.97. The molecule has 1 atom stereocenters. The fourth-order valence-electron chi connectivity index (χ4n) is 3.53. The van der Waals surface area contributed by atoms with Crippen molar-refractivity contribution in [3.63, 3.8) is 0 Å². The lowest BCUT2D eigenvalue weighted by Gasteiger charge is -2.31. The Kier molecular flexibility index (Phi) is 6.87. The molecule has 1 aromatic heterocycles. The summed E-state index contributed by atoms with van der Waals surface area (Å²) in [5.74, 6) is -0.108. The Morgan fingerprint density at radius 2 is 1.86 bits per heavy atom. The van der Waals surface area contributed by atoms with Crippen molar-refractivity contribution in [3.05, 3.63) is 52.7 Å². The standard InChI is InChI=1S/C20H27N3O3S2/c1-22(2)18(19-9-6-14-27-19)15-21-20(24)16-10-12-23(13-11-16)28(25,26)17-7-4-3-5-8-17/h3-9,14,16,18H,10-13,15H2,1-2H3,(H,21,24)/p+1/t18-/m1/s1. The first-order valence-corrected chi connectivity index (χ1v) is 11.9. The van der Waals surface area contributed by atoms with Gasteiger partial charge in [0.25, 0.3) is 0 Å². The van der Waals surface area contributed by atoms with Crippen LogP contribution in [0.4, 0.5) is 0 Å². The van der Waals surface area contributed by atoms with Crippen LogP contribution in [0.25, 0.3) is 0 Å². The molecule has 1 amide bonds. The zero-order valence-electron chi connectivity index (χ0n) is 16.3. The summed E-state index contributed by atoms with van der Waals surface area (Å²) in [4.78, 5) is 15.5. The van der Waals surface area contributed by atoms with E-state index in [0.717, 1.165) is 0 Å². The third kappa shape index (κ3) is 4.81. The molecule has 6 nitrogen and oxygen atoms in total. The minimum absolute atomic E-state index is 0.0274. The molecular formula is C20H28N3O3S2+. The van der Waals surface area contributed by atoms with Gasteiger partial charge in [-0.15, -0.1) is 11.3 Å². The maximum atomic E-state index is 12.7. The first-order valence-electron chi connectivity index (χ1n) is 9.56. The van der Waals surface area contributed by atoms with Gasteiger partial charge in [0.15, 0.2) is 0 Å². The molecule has 0 bridgehead atoms. The van der Waals surface area contributed by atoms with Gasteiger partial charge in [-0.2, -0.15) is 4.31 Å². The normalized spacial score (nSPS) is 17.5. The Morgan fingerprint density at radius 3 is 2.43 bits per heavy atom. The van der Waals surface area contributed by atoms with Crippen LogP contribution in [0.2, 0.25) is 0 Å². The number of piperidine rings is 1. The Hall–Kier alpha value is -1.74. The summed E-state index contributed by atoms with van der Waals surface area (Å²) < 4.78 is 26.9. The number of carbonyl (C=O) groups excluding carboxylic acids is 1. The van der Waals surface area contributed by atoms with E-state index in [1.165, 1.54) is 14.1 Å². The van der Waals surface area contributed by atoms with E-state index in [0.29, 0.717) is 37.4 Å². The van der Waals surface area contributed by atoms with Gasteiger partial charge in [-0.1, -0.05) is 24.3 Å². The molecule has 152 valence electrons. The number of nitrogens with zero attached hydrogens (tertiary/aromatic N) is 1. The van der Waals surface area contributed by atoms with Crippen molar-refractivity contribution < 1.29 is 18.1 Å². The average molecular weight is 423 g/mol. The second-order valence-corrected chi connectivity index (χ2v) is 10.3. The van der Waals surface area contributed by atoms with E-state index in [1.807, 2.05) is 6.07 Å². The van der Waals surface area contributed by atoms with Crippen LogP contribution < -0.4 is 10.2 Å². The van der Waals surface area contributed by atoms with Crippen molar-refractivity contribution in [3.8, 4) is 0 Å². The molecule has 8 heteroatoms. The number of carbonyl (C=O) groups is 1. The summed E-state index contributed by atoms with van der Waals surface area (Å²) in [6, 6.07) is 12.8.